The molecular formula is C15H12Cl2F2. The predicted molar refractivity (Wildman–Crippen MR) is 75.0 cm³/mol. The molecule has 0 nitrogen and oxygen atoms in total. The summed E-state index contributed by atoms with van der Waals surface area (Å²) >= 11 is 12.0. The lowest BCUT2D eigenvalue weighted by Gasteiger charge is -2.15. The van der Waals surface area contributed by atoms with Gasteiger partial charge < -0.3 is 0 Å². The summed E-state index contributed by atoms with van der Waals surface area (Å²) in [6, 6.07) is 10.5. The van der Waals surface area contributed by atoms with Crippen LogP contribution >= 0.6 is 23.2 Å². The summed E-state index contributed by atoms with van der Waals surface area (Å²) in [5.74, 6) is -0.237. The van der Waals surface area contributed by atoms with Crippen molar-refractivity contribution in [1.29, 1.82) is 0 Å². The lowest BCUT2D eigenvalue weighted by atomic mass is 9.93. The van der Waals surface area contributed by atoms with Crippen LogP contribution in [-0.4, -0.2) is 5.88 Å². The summed E-state index contributed by atoms with van der Waals surface area (Å²) in [6.45, 7) is 0. The summed E-state index contributed by atoms with van der Waals surface area (Å²) in [4.78, 5) is 0. The average molecular weight is 301 g/mol. The van der Waals surface area contributed by atoms with Crippen molar-refractivity contribution in [3.05, 3.63) is 70.2 Å². The SMILES string of the molecule is Fc1ccc(C(CCl)Cc2ccc(F)cc2Cl)cc1. The molecular weight excluding hydrogens is 289 g/mol. The number of alkyl halides is 1. The topological polar surface area (TPSA) is 0 Å². The van der Waals surface area contributed by atoms with E-state index in [0.29, 0.717) is 17.3 Å². The molecule has 0 N–H and O–H groups in total. The highest BCUT2D eigenvalue weighted by Gasteiger charge is 2.13. The number of benzene rings is 2. The Balaban J connectivity index is 2.21. The van der Waals surface area contributed by atoms with Gasteiger partial charge in [-0.2, -0.15) is 0 Å². The fraction of sp³-hybridized carbons (Fsp3) is 0.200. The van der Waals surface area contributed by atoms with Gasteiger partial charge in [-0.25, -0.2) is 8.78 Å². The standard InChI is InChI=1S/C15H12Cl2F2/c16-9-12(10-1-4-13(18)5-2-10)7-11-3-6-14(19)8-15(11)17/h1-6,8,12H,7,9H2. The maximum Gasteiger partial charge on any atom is 0.124 e. The van der Waals surface area contributed by atoms with Crippen LogP contribution < -0.4 is 0 Å². The second-order valence-electron chi connectivity index (χ2n) is 4.34. The van der Waals surface area contributed by atoms with Crippen molar-refractivity contribution in [2.45, 2.75) is 12.3 Å². The van der Waals surface area contributed by atoms with Crippen molar-refractivity contribution in [3.8, 4) is 0 Å². The highest BCUT2D eigenvalue weighted by atomic mass is 35.5. The van der Waals surface area contributed by atoms with Crippen LogP contribution in [0.1, 0.15) is 17.0 Å². The van der Waals surface area contributed by atoms with Gasteiger partial charge in [0, 0.05) is 16.8 Å². The molecule has 0 aliphatic heterocycles. The molecule has 0 aliphatic rings. The fourth-order valence-electron chi connectivity index (χ4n) is 1.95. The second-order valence-corrected chi connectivity index (χ2v) is 5.06. The predicted octanol–water partition coefficient (Wildman–Crippen LogP) is 5.18. The molecule has 2 aromatic carbocycles. The molecule has 0 saturated carbocycles. The summed E-state index contributed by atoms with van der Waals surface area (Å²) < 4.78 is 25.9. The molecule has 2 rings (SSSR count). The van der Waals surface area contributed by atoms with Crippen LogP contribution in [0, 0.1) is 11.6 Å². The first-order valence-corrected chi connectivity index (χ1v) is 6.76. The molecule has 4 heteroatoms. The van der Waals surface area contributed by atoms with Crippen molar-refractivity contribution in [1.82, 2.24) is 0 Å². The molecule has 0 bridgehead atoms. The van der Waals surface area contributed by atoms with Crippen LogP contribution in [0.3, 0.4) is 0 Å². The lowest BCUT2D eigenvalue weighted by Crippen LogP contribution is -2.05. The number of rotatable bonds is 4. The third-order valence-corrected chi connectivity index (χ3v) is 3.73. The van der Waals surface area contributed by atoms with Gasteiger partial charge in [0.15, 0.2) is 0 Å². The zero-order valence-electron chi connectivity index (χ0n) is 10.0. The Kier molecular flexibility index (Phi) is 4.78. The Labute approximate surface area is 121 Å². The summed E-state index contributed by atoms with van der Waals surface area (Å²) in [7, 11) is 0. The van der Waals surface area contributed by atoms with Crippen LogP contribution in [0.5, 0.6) is 0 Å². The highest BCUT2D eigenvalue weighted by molar-refractivity contribution is 6.31. The number of hydrogen-bond donors (Lipinski definition) is 0. The molecule has 100 valence electrons. The van der Waals surface area contributed by atoms with Crippen LogP contribution in [0.25, 0.3) is 0 Å². The normalized spacial score (nSPS) is 12.4. The van der Waals surface area contributed by atoms with Crippen LogP contribution in [0.15, 0.2) is 42.5 Å². The van der Waals surface area contributed by atoms with E-state index in [0.717, 1.165) is 11.1 Å². The van der Waals surface area contributed by atoms with Crippen LogP contribution in [-0.2, 0) is 6.42 Å². The molecule has 0 saturated heterocycles. The molecule has 0 radical (unpaired) electrons. The monoisotopic (exact) mass is 300 g/mol. The minimum atomic E-state index is -0.363. The van der Waals surface area contributed by atoms with Gasteiger partial charge in [-0.3, -0.25) is 0 Å². The van der Waals surface area contributed by atoms with Crippen molar-refractivity contribution in [3.63, 3.8) is 0 Å². The number of hydrogen-bond acceptors (Lipinski definition) is 0. The van der Waals surface area contributed by atoms with Gasteiger partial charge in [0.1, 0.15) is 11.6 Å². The van der Waals surface area contributed by atoms with Gasteiger partial charge in [0.25, 0.3) is 0 Å². The quantitative estimate of drug-likeness (QED) is 0.682. The zero-order chi connectivity index (χ0) is 13.8. The molecule has 2 aromatic rings. The van der Waals surface area contributed by atoms with E-state index in [1.165, 1.54) is 24.3 Å². The van der Waals surface area contributed by atoms with Crippen molar-refractivity contribution < 1.29 is 8.78 Å². The first-order valence-electron chi connectivity index (χ1n) is 5.85. The van der Waals surface area contributed by atoms with E-state index in [1.807, 2.05) is 0 Å². The molecule has 0 fully saturated rings. The van der Waals surface area contributed by atoms with E-state index < -0.39 is 0 Å². The van der Waals surface area contributed by atoms with E-state index in [1.54, 1.807) is 18.2 Å². The van der Waals surface area contributed by atoms with Crippen molar-refractivity contribution in [2.24, 2.45) is 0 Å². The maximum absolute atomic E-state index is 13.0. The van der Waals surface area contributed by atoms with Gasteiger partial charge in [-0.05, 0) is 41.8 Å². The Hall–Kier alpha value is -1.12. The largest absolute Gasteiger partial charge is 0.207 e. The molecule has 0 spiro atoms. The van der Waals surface area contributed by atoms with Gasteiger partial charge >= 0.3 is 0 Å². The Morgan fingerprint density at radius 3 is 2.16 bits per heavy atom. The fourth-order valence-corrected chi connectivity index (χ4v) is 2.48. The molecule has 0 aromatic heterocycles. The minimum absolute atomic E-state index is 0.0187. The first kappa shape index (κ1) is 14.3. The zero-order valence-corrected chi connectivity index (χ0v) is 11.6. The molecule has 1 atom stereocenters. The minimum Gasteiger partial charge on any atom is -0.207 e. The van der Waals surface area contributed by atoms with Crippen LogP contribution in [0.4, 0.5) is 8.78 Å². The molecule has 0 heterocycles. The van der Waals surface area contributed by atoms with Crippen molar-refractivity contribution >= 4 is 23.2 Å². The van der Waals surface area contributed by atoms with E-state index in [9.17, 15) is 8.78 Å². The first-order chi connectivity index (χ1) is 9.10. The molecule has 1 unspecified atom stereocenters. The Morgan fingerprint density at radius 2 is 1.58 bits per heavy atom. The van der Waals surface area contributed by atoms with E-state index in [4.69, 9.17) is 23.2 Å². The van der Waals surface area contributed by atoms with Gasteiger partial charge in [-0.15, -0.1) is 11.6 Å². The summed E-state index contributed by atoms with van der Waals surface area (Å²) in [6.07, 6.45) is 0.592. The van der Waals surface area contributed by atoms with E-state index in [-0.39, 0.29) is 17.6 Å². The highest BCUT2D eigenvalue weighted by Crippen LogP contribution is 2.27. The van der Waals surface area contributed by atoms with Gasteiger partial charge in [0.2, 0.25) is 0 Å². The summed E-state index contributed by atoms with van der Waals surface area (Å²) in [5, 5.41) is 0.386. The Bertz CT molecular complexity index is 553. The molecule has 0 amide bonds. The third-order valence-electron chi connectivity index (χ3n) is 3.01. The lowest BCUT2D eigenvalue weighted by molar-refractivity contribution is 0.623. The van der Waals surface area contributed by atoms with E-state index in [2.05, 4.69) is 0 Å². The average Bonchev–Trinajstić information content (AvgIpc) is 2.39. The molecule has 19 heavy (non-hydrogen) atoms. The maximum atomic E-state index is 13.0. The smallest absolute Gasteiger partial charge is 0.124 e. The Morgan fingerprint density at radius 1 is 0.947 bits per heavy atom. The third kappa shape index (κ3) is 3.68. The van der Waals surface area contributed by atoms with Crippen LogP contribution in [0.2, 0.25) is 5.02 Å². The number of halogens is 4. The molecule has 0 aliphatic carbocycles. The van der Waals surface area contributed by atoms with Crippen molar-refractivity contribution in [2.75, 3.05) is 5.88 Å². The van der Waals surface area contributed by atoms with Gasteiger partial charge in [-0.1, -0.05) is 29.8 Å². The van der Waals surface area contributed by atoms with Gasteiger partial charge in [0.05, 0.1) is 0 Å². The second kappa shape index (κ2) is 6.36. The summed E-state index contributed by atoms with van der Waals surface area (Å²) in [5.41, 5.74) is 1.77. The van der Waals surface area contributed by atoms with E-state index >= 15 is 0 Å².